The van der Waals surface area contributed by atoms with Crippen LogP contribution in [0.5, 0.6) is 11.6 Å². The number of carboxylic acid groups (broad SMARTS) is 1. The van der Waals surface area contributed by atoms with Gasteiger partial charge in [0.15, 0.2) is 0 Å². The number of aryl methyl sites for hydroxylation is 1. The molecule has 39 heavy (non-hydrogen) atoms. The van der Waals surface area contributed by atoms with Crippen LogP contribution in [0.1, 0.15) is 73.3 Å². The van der Waals surface area contributed by atoms with Gasteiger partial charge in [-0.05, 0) is 115 Å². The molecular weight excluding hydrogens is 488 g/mol. The molecule has 0 radical (unpaired) electrons. The Hall–Kier alpha value is -3.38. The van der Waals surface area contributed by atoms with Crippen molar-refractivity contribution in [2.45, 2.75) is 64.0 Å². The number of nitrogens with zero attached hydrogens (tertiary/aromatic N) is 2. The average Bonchev–Trinajstić information content (AvgIpc) is 3.66. The molecule has 0 amide bonds. The van der Waals surface area contributed by atoms with Crippen molar-refractivity contribution in [1.82, 2.24) is 9.88 Å². The van der Waals surface area contributed by atoms with Crippen LogP contribution in [0.2, 0.25) is 0 Å². The molecule has 6 rings (SSSR count). The molecule has 2 aromatic carbocycles. The van der Waals surface area contributed by atoms with E-state index in [4.69, 9.17) is 9.47 Å². The Kier molecular flexibility index (Phi) is 7.30. The molecule has 204 valence electrons. The molecule has 0 spiro atoms. The van der Waals surface area contributed by atoms with Crippen molar-refractivity contribution in [1.29, 1.82) is 0 Å². The Labute approximate surface area is 231 Å². The van der Waals surface area contributed by atoms with Gasteiger partial charge in [0.05, 0.1) is 13.0 Å². The number of benzene rings is 2. The lowest BCUT2D eigenvalue weighted by atomic mass is 9.82. The van der Waals surface area contributed by atoms with Crippen LogP contribution < -0.4 is 9.47 Å². The van der Waals surface area contributed by atoms with Gasteiger partial charge in [-0.25, -0.2) is 4.98 Å². The van der Waals surface area contributed by atoms with Gasteiger partial charge < -0.3 is 14.6 Å². The van der Waals surface area contributed by atoms with Crippen molar-refractivity contribution < 1.29 is 19.4 Å². The third-order valence-corrected chi connectivity index (χ3v) is 8.84. The molecule has 3 heterocycles. The lowest BCUT2D eigenvalue weighted by molar-refractivity contribution is -0.142. The summed E-state index contributed by atoms with van der Waals surface area (Å²) in [6, 6.07) is 17.2. The highest BCUT2D eigenvalue weighted by Crippen LogP contribution is 2.48. The van der Waals surface area contributed by atoms with Gasteiger partial charge in [-0.1, -0.05) is 31.2 Å². The van der Waals surface area contributed by atoms with E-state index in [-0.39, 0.29) is 12.0 Å². The van der Waals surface area contributed by atoms with Crippen LogP contribution in [0.3, 0.4) is 0 Å². The summed E-state index contributed by atoms with van der Waals surface area (Å²) in [5.41, 5.74) is 7.13. The first kappa shape index (κ1) is 25.9. The SMILES string of the molecule is COc1cc(-c2ccc(C3CCc4ccc([C@H](C5CC5)[C@H](C)C(=O)O)cc4O3)c(CN3CCCC3)c2)ccn1. The van der Waals surface area contributed by atoms with E-state index in [0.717, 1.165) is 67.8 Å². The van der Waals surface area contributed by atoms with Gasteiger partial charge in [0.2, 0.25) is 5.88 Å². The normalized spacial score (nSPS) is 20.6. The molecule has 2 fully saturated rings. The third kappa shape index (κ3) is 5.53. The van der Waals surface area contributed by atoms with E-state index in [1.165, 1.54) is 29.5 Å². The molecule has 1 aliphatic carbocycles. The molecule has 1 saturated heterocycles. The average molecular weight is 527 g/mol. The summed E-state index contributed by atoms with van der Waals surface area (Å²) in [6.45, 7) is 5.03. The van der Waals surface area contributed by atoms with E-state index in [1.54, 1.807) is 13.3 Å². The van der Waals surface area contributed by atoms with Crippen LogP contribution in [0, 0.1) is 11.8 Å². The van der Waals surface area contributed by atoms with E-state index in [9.17, 15) is 9.90 Å². The maximum Gasteiger partial charge on any atom is 0.306 e. The Balaban J connectivity index is 1.31. The highest BCUT2D eigenvalue weighted by Gasteiger charge is 2.39. The topological polar surface area (TPSA) is 71.9 Å². The number of rotatable bonds is 9. The van der Waals surface area contributed by atoms with Crippen LogP contribution in [0.25, 0.3) is 11.1 Å². The maximum atomic E-state index is 11.9. The summed E-state index contributed by atoms with van der Waals surface area (Å²) in [7, 11) is 1.65. The van der Waals surface area contributed by atoms with E-state index in [0.29, 0.717) is 11.8 Å². The number of likely N-dealkylation sites (tertiary alicyclic amines) is 1. The van der Waals surface area contributed by atoms with Crippen molar-refractivity contribution in [3.05, 3.63) is 77.0 Å². The standard InChI is InChI=1S/C33H38N2O4/c1-21(33(36)37)32(23-6-7-23)26-8-5-22-10-12-29(39-30(22)18-26)28-11-9-24(25-13-14-34-31(19-25)38-2)17-27(28)20-35-15-3-4-16-35/h5,8-9,11,13-14,17-19,21,23,29,32H,3-4,6-7,10,12,15-16,20H2,1-2H3,(H,36,37)/t21-,29?,32-/m0/s1. The monoisotopic (exact) mass is 526 g/mol. The number of hydrogen-bond acceptors (Lipinski definition) is 5. The number of carbonyl (C=O) groups is 1. The van der Waals surface area contributed by atoms with E-state index < -0.39 is 11.9 Å². The molecule has 3 aliphatic rings. The number of ether oxygens (including phenoxy) is 2. The zero-order valence-electron chi connectivity index (χ0n) is 22.9. The van der Waals surface area contributed by atoms with Gasteiger partial charge in [0.25, 0.3) is 0 Å². The summed E-state index contributed by atoms with van der Waals surface area (Å²) in [5, 5.41) is 9.76. The second-order valence-electron chi connectivity index (χ2n) is 11.5. The van der Waals surface area contributed by atoms with Crippen LogP contribution in [-0.2, 0) is 17.8 Å². The largest absolute Gasteiger partial charge is 0.485 e. The quantitative estimate of drug-likeness (QED) is 0.337. The van der Waals surface area contributed by atoms with Gasteiger partial charge in [0, 0.05) is 18.8 Å². The van der Waals surface area contributed by atoms with Gasteiger partial charge in [-0.2, -0.15) is 0 Å². The Morgan fingerprint density at radius 2 is 1.87 bits per heavy atom. The molecule has 3 aromatic rings. The zero-order valence-corrected chi connectivity index (χ0v) is 22.9. The number of hydrogen-bond donors (Lipinski definition) is 1. The van der Waals surface area contributed by atoms with Crippen LogP contribution in [0.15, 0.2) is 54.7 Å². The van der Waals surface area contributed by atoms with E-state index in [2.05, 4.69) is 46.3 Å². The highest BCUT2D eigenvalue weighted by molar-refractivity contribution is 5.71. The molecule has 1 saturated carbocycles. The summed E-state index contributed by atoms with van der Waals surface area (Å²) >= 11 is 0. The second kappa shape index (κ2) is 11.0. The molecule has 6 nitrogen and oxygen atoms in total. The van der Waals surface area contributed by atoms with Crippen molar-refractivity contribution in [2.24, 2.45) is 11.8 Å². The highest BCUT2D eigenvalue weighted by atomic mass is 16.5. The second-order valence-corrected chi connectivity index (χ2v) is 11.5. The first-order valence-corrected chi connectivity index (χ1v) is 14.4. The molecule has 1 aromatic heterocycles. The van der Waals surface area contributed by atoms with Gasteiger partial charge in [-0.15, -0.1) is 0 Å². The number of methoxy groups -OCH3 is 1. The number of fused-ring (bicyclic) bond motifs is 1. The lowest BCUT2D eigenvalue weighted by Gasteiger charge is -2.30. The minimum atomic E-state index is -0.720. The molecule has 2 aliphatic heterocycles. The first-order valence-electron chi connectivity index (χ1n) is 14.4. The number of pyridine rings is 1. The van der Waals surface area contributed by atoms with Crippen molar-refractivity contribution >= 4 is 5.97 Å². The summed E-state index contributed by atoms with van der Waals surface area (Å²) in [6.07, 6.45) is 8.38. The van der Waals surface area contributed by atoms with Crippen molar-refractivity contribution in [3.63, 3.8) is 0 Å². The smallest absolute Gasteiger partial charge is 0.306 e. The summed E-state index contributed by atoms with van der Waals surface area (Å²) < 4.78 is 12.1. The fraction of sp³-hybridized carbons (Fsp3) is 0.455. The van der Waals surface area contributed by atoms with Crippen LogP contribution in [0.4, 0.5) is 0 Å². The predicted molar refractivity (Wildman–Crippen MR) is 151 cm³/mol. The van der Waals surface area contributed by atoms with Crippen LogP contribution in [-0.4, -0.2) is 41.2 Å². The van der Waals surface area contributed by atoms with E-state index in [1.807, 2.05) is 19.1 Å². The third-order valence-electron chi connectivity index (χ3n) is 8.84. The van der Waals surface area contributed by atoms with Gasteiger partial charge in [0.1, 0.15) is 11.9 Å². The van der Waals surface area contributed by atoms with E-state index >= 15 is 0 Å². The summed E-state index contributed by atoms with van der Waals surface area (Å²) in [4.78, 5) is 18.7. The molecule has 0 bridgehead atoms. The summed E-state index contributed by atoms with van der Waals surface area (Å²) in [5.74, 6) is 0.909. The molecule has 6 heteroatoms. The maximum absolute atomic E-state index is 11.9. The Morgan fingerprint density at radius 1 is 1.08 bits per heavy atom. The fourth-order valence-corrected chi connectivity index (χ4v) is 6.51. The van der Waals surface area contributed by atoms with Gasteiger partial charge >= 0.3 is 5.97 Å². The Morgan fingerprint density at radius 3 is 2.62 bits per heavy atom. The van der Waals surface area contributed by atoms with Gasteiger partial charge in [-0.3, -0.25) is 9.69 Å². The zero-order chi connectivity index (χ0) is 26.9. The molecular formula is C33H38N2O4. The minimum Gasteiger partial charge on any atom is -0.485 e. The first-order chi connectivity index (χ1) is 19.0. The van der Waals surface area contributed by atoms with Crippen LogP contribution >= 0.6 is 0 Å². The van der Waals surface area contributed by atoms with Crippen molar-refractivity contribution in [2.75, 3.05) is 20.2 Å². The molecule has 3 atom stereocenters. The number of aromatic nitrogens is 1. The lowest BCUT2D eigenvalue weighted by Crippen LogP contribution is -2.23. The predicted octanol–water partition coefficient (Wildman–Crippen LogP) is 6.63. The Bertz CT molecular complexity index is 1350. The number of carboxylic acids is 1. The minimum absolute atomic E-state index is 0.0253. The molecule has 1 unspecified atom stereocenters. The fourth-order valence-electron chi connectivity index (χ4n) is 6.51. The van der Waals surface area contributed by atoms with Crippen molar-refractivity contribution in [3.8, 4) is 22.8 Å². The molecule has 1 N–H and O–H groups in total. The number of aliphatic carboxylic acids is 1.